The number of pyridine rings is 1. The molecule has 0 aliphatic heterocycles. The lowest BCUT2D eigenvalue weighted by Crippen LogP contribution is -1.77. The zero-order chi connectivity index (χ0) is 7.84. The third-order valence-electron chi connectivity index (χ3n) is 1.67. The zero-order valence-corrected chi connectivity index (χ0v) is 7.27. The second-order valence-electron chi connectivity index (χ2n) is 2.59. The van der Waals surface area contributed by atoms with E-state index < -0.39 is 0 Å². The highest BCUT2D eigenvalue weighted by atomic mass is 32.1. The molecule has 2 heterocycles. The Labute approximate surface area is 69.1 Å². The third kappa shape index (κ3) is 1.01. The molecule has 0 radical (unpaired) electrons. The van der Waals surface area contributed by atoms with E-state index >= 15 is 0 Å². The van der Waals surface area contributed by atoms with Gasteiger partial charge in [0.15, 0.2) is 0 Å². The van der Waals surface area contributed by atoms with Crippen LogP contribution in [0.15, 0.2) is 12.3 Å². The monoisotopic (exact) mass is 164 g/mol. The Balaban J connectivity index is 2.86. The highest BCUT2D eigenvalue weighted by Crippen LogP contribution is 2.21. The summed E-state index contributed by atoms with van der Waals surface area (Å²) in [6.07, 6.45) is 1.89. The summed E-state index contributed by atoms with van der Waals surface area (Å²) in [6.45, 7) is 4.00. The van der Waals surface area contributed by atoms with E-state index in [1.165, 1.54) is 21.6 Å². The van der Waals surface area contributed by atoms with Crippen molar-refractivity contribution in [1.29, 1.82) is 0 Å². The quantitative estimate of drug-likeness (QED) is 0.597. The molecule has 0 aliphatic carbocycles. The van der Waals surface area contributed by atoms with Gasteiger partial charge in [0.2, 0.25) is 0 Å². The molecular formula is C8H8N2S. The van der Waals surface area contributed by atoms with Gasteiger partial charge in [-0.15, -0.1) is 0 Å². The number of fused-ring (bicyclic) bond motifs is 1. The summed E-state index contributed by atoms with van der Waals surface area (Å²) >= 11 is 1.54. The van der Waals surface area contributed by atoms with E-state index in [0.29, 0.717) is 0 Å². The smallest absolute Gasteiger partial charge is 0.0605 e. The van der Waals surface area contributed by atoms with Crippen LogP contribution in [0.3, 0.4) is 0 Å². The van der Waals surface area contributed by atoms with E-state index in [0.717, 1.165) is 11.4 Å². The van der Waals surface area contributed by atoms with E-state index in [9.17, 15) is 0 Å². The number of rotatable bonds is 0. The molecule has 0 atom stereocenters. The SMILES string of the molecule is Cc1cc2snc(C)c2cn1. The molecule has 0 amide bonds. The fraction of sp³-hybridized carbons (Fsp3) is 0.250. The van der Waals surface area contributed by atoms with Gasteiger partial charge >= 0.3 is 0 Å². The predicted molar refractivity (Wildman–Crippen MR) is 46.9 cm³/mol. The van der Waals surface area contributed by atoms with Gasteiger partial charge in [-0.25, -0.2) is 0 Å². The predicted octanol–water partition coefficient (Wildman–Crippen LogP) is 2.31. The van der Waals surface area contributed by atoms with Crippen molar-refractivity contribution in [3.05, 3.63) is 23.7 Å². The first-order valence-electron chi connectivity index (χ1n) is 3.46. The minimum absolute atomic E-state index is 1.06. The average molecular weight is 164 g/mol. The zero-order valence-electron chi connectivity index (χ0n) is 6.46. The molecule has 56 valence electrons. The van der Waals surface area contributed by atoms with Gasteiger partial charge in [0, 0.05) is 17.3 Å². The fourth-order valence-corrected chi connectivity index (χ4v) is 1.90. The fourth-order valence-electron chi connectivity index (χ4n) is 1.05. The molecule has 2 nitrogen and oxygen atoms in total. The van der Waals surface area contributed by atoms with Gasteiger partial charge in [-0.05, 0) is 31.4 Å². The van der Waals surface area contributed by atoms with Crippen molar-refractivity contribution in [2.75, 3.05) is 0 Å². The van der Waals surface area contributed by atoms with Crippen LogP contribution in [-0.4, -0.2) is 9.36 Å². The standard InChI is InChI=1S/C8H8N2S/c1-5-3-8-7(4-9-5)6(2)10-11-8/h3-4H,1-2H3. The molecule has 2 rings (SSSR count). The molecule has 0 N–H and O–H groups in total. The van der Waals surface area contributed by atoms with Gasteiger partial charge in [0.25, 0.3) is 0 Å². The summed E-state index contributed by atoms with van der Waals surface area (Å²) < 4.78 is 5.47. The van der Waals surface area contributed by atoms with Crippen molar-refractivity contribution in [2.45, 2.75) is 13.8 Å². The Morgan fingerprint density at radius 3 is 3.00 bits per heavy atom. The minimum atomic E-state index is 1.06. The summed E-state index contributed by atoms with van der Waals surface area (Å²) in [6, 6.07) is 2.07. The number of hydrogen-bond donors (Lipinski definition) is 0. The van der Waals surface area contributed by atoms with Crippen LogP contribution >= 0.6 is 11.5 Å². The lowest BCUT2D eigenvalue weighted by atomic mass is 10.3. The average Bonchev–Trinajstić information content (AvgIpc) is 2.32. The maximum Gasteiger partial charge on any atom is 0.0605 e. The van der Waals surface area contributed by atoms with Crippen LogP contribution in [0, 0.1) is 13.8 Å². The van der Waals surface area contributed by atoms with Crippen LogP contribution < -0.4 is 0 Å². The first-order valence-corrected chi connectivity index (χ1v) is 4.23. The molecule has 0 saturated heterocycles. The van der Waals surface area contributed by atoms with E-state index in [1.54, 1.807) is 0 Å². The lowest BCUT2D eigenvalue weighted by Gasteiger charge is -1.90. The summed E-state index contributed by atoms with van der Waals surface area (Å²) in [5.74, 6) is 0. The molecule has 0 bridgehead atoms. The largest absolute Gasteiger partial charge is 0.261 e. The van der Waals surface area contributed by atoms with Crippen LogP contribution in [0.2, 0.25) is 0 Å². The van der Waals surface area contributed by atoms with Crippen LogP contribution in [0.4, 0.5) is 0 Å². The Kier molecular flexibility index (Phi) is 1.39. The lowest BCUT2D eigenvalue weighted by molar-refractivity contribution is 1.22. The Bertz CT molecular complexity index is 392. The Morgan fingerprint density at radius 1 is 1.36 bits per heavy atom. The summed E-state index contributed by atoms with van der Waals surface area (Å²) in [4.78, 5) is 4.21. The maximum absolute atomic E-state index is 4.24. The van der Waals surface area contributed by atoms with Crippen molar-refractivity contribution in [3.63, 3.8) is 0 Å². The first-order chi connectivity index (χ1) is 5.27. The molecule has 0 spiro atoms. The van der Waals surface area contributed by atoms with Gasteiger partial charge in [-0.3, -0.25) is 4.98 Å². The molecule has 0 aliphatic rings. The highest BCUT2D eigenvalue weighted by molar-refractivity contribution is 7.13. The van der Waals surface area contributed by atoms with E-state index in [-0.39, 0.29) is 0 Å². The highest BCUT2D eigenvalue weighted by Gasteiger charge is 2.00. The summed E-state index contributed by atoms with van der Waals surface area (Å²) in [7, 11) is 0. The summed E-state index contributed by atoms with van der Waals surface area (Å²) in [5.41, 5.74) is 2.14. The second kappa shape index (κ2) is 2.27. The minimum Gasteiger partial charge on any atom is -0.261 e. The van der Waals surface area contributed by atoms with E-state index in [2.05, 4.69) is 15.4 Å². The van der Waals surface area contributed by atoms with Gasteiger partial charge in [-0.2, -0.15) is 4.37 Å². The Hall–Kier alpha value is -0.960. The van der Waals surface area contributed by atoms with Crippen molar-refractivity contribution >= 4 is 21.6 Å². The van der Waals surface area contributed by atoms with Crippen molar-refractivity contribution in [2.24, 2.45) is 0 Å². The molecule has 0 fully saturated rings. The third-order valence-corrected chi connectivity index (χ3v) is 2.57. The summed E-state index contributed by atoms with van der Waals surface area (Å²) in [5, 5.41) is 1.18. The van der Waals surface area contributed by atoms with Crippen molar-refractivity contribution in [3.8, 4) is 0 Å². The first kappa shape index (κ1) is 6.73. The van der Waals surface area contributed by atoms with Gasteiger partial charge < -0.3 is 0 Å². The molecular weight excluding hydrogens is 156 g/mol. The topological polar surface area (TPSA) is 25.8 Å². The number of hydrogen-bond acceptors (Lipinski definition) is 3. The normalized spacial score (nSPS) is 10.7. The van der Waals surface area contributed by atoms with Crippen LogP contribution in [0.1, 0.15) is 11.4 Å². The molecule has 0 saturated carbocycles. The molecule has 2 aromatic rings. The van der Waals surface area contributed by atoms with E-state index in [4.69, 9.17) is 0 Å². The molecule has 0 aromatic carbocycles. The van der Waals surface area contributed by atoms with Crippen LogP contribution in [0.25, 0.3) is 10.1 Å². The second-order valence-corrected chi connectivity index (χ2v) is 3.39. The number of nitrogens with zero attached hydrogens (tertiary/aromatic N) is 2. The maximum atomic E-state index is 4.24. The van der Waals surface area contributed by atoms with Gasteiger partial charge in [-0.1, -0.05) is 0 Å². The van der Waals surface area contributed by atoms with Crippen LogP contribution in [0.5, 0.6) is 0 Å². The molecule has 2 aromatic heterocycles. The van der Waals surface area contributed by atoms with Crippen molar-refractivity contribution < 1.29 is 0 Å². The van der Waals surface area contributed by atoms with Gasteiger partial charge in [0.1, 0.15) is 0 Å². The van der Waals surface area contributed by atoms with Crippen molar-refractivity contribution in [1.82, 2.24) is 9.36 Å². The number of aromatic nitrogens is 2. The molecule has 11 heavy (non-hydrogen) atoms. The molecule has 0 unspecified atom stereocenters. The molecule has 3 heteroatoms. The number of aryl methyl sites for hydroxylation is 2. The van der Waals surface area contributed by atoms with Crippen LogP contribution in [-0.2, 0) is 0 Å². The van der Waals surface area contributed by atoms with Gasteiger partial charge in [0.05, 0.1) is 10.4 Å². The Morgan fingerprint density at radius 2 is 2.18 bits per heavy atom. The van der Waals surface area contributed by atoms with E-state index in [1.807, 2.05) is 20.0 Å².